The molecule has 0 aromatic rings. The molecule has 98 valence electrons. The van der Waals surface area contributed by atoms with Crippen LogP contribution in [0.3, 0.4) is 0 Å². The Kier molecular flexibility index (Phi) is 4.62. The van der Waals surface area contributed by atoms with Crippen molar-refractivity contribution >= 4 is 6.03 Å². The maximum atomic E-state index is 11.7. The van der Waals surface area contributed by atoms with Gasteiger partial charge in [-0.15, -0.1) is 0 Å². The van der Waals surface area contributed by atoms with E-state index in [-0.39, 0.29) is 6.03 Å². The van der Waals surface area contributed by atoms with Crippen molar-refractivity contribution < 1.29 is 4.79 Å². The van der Waals surface area contributed by atoms with E-state index in [0.29, 0.717) is 0 Å². The third kappa shape index (κ3) is 3.57. The van der Waals surface area contributed by atoms with Crippen molar-refractivity contribution in [2.45, 2.75) is 12.8 Å². The molecule has 5 heteroatoms. The van der Waals surface area contributed by atoms with Crippen molar-refractivity contribution in [3.8, 4) is 0 Å². The van der Waals surface area contributed by atoms with E-state index in [2.05, 4.69) is 10.2 Å². The van der Waals surface area contributed by atoms with Gasteiger partial charge in [0.15, 0.2) is 0 Å². The molecule has 2 aliphatic rings. The van der Waals surface area contributed by atoms with Crippen LogP contribution in [0.4, 0.5) is 4.79 Å². The van der Waals surface area contributed by atoms with Crippen molar-refractivity contribution in [1.29, 1.82) is 0 Å². The zero-order valence-corrected chi connectivity index (χ0v) is 10.8. The molecular formula is C12H24N4O. The number of urea groups is 1. The summed E-state index contributed by atoms with van der Waals surface area (Å²) in [5, 5.41) is 3.42. The van der Waals surface area contributed by atoms with Gasteiger partial charge in [0.2, 0.25) is 0 Å². The second kappa shape index (κ2) is 6.21. The van der Waals surface area contributed by atoms with E-state index in [1.54, 1.807) is 4.90 Å². The highest BCUT2D eigenvalue weighted by Crippen LogP contribution is 2.06. The quantitative estimate of drug-likeness (QED) is 0.757. The Morgan fingerprint density at radius 3 is 2.35 bits per heavy atom. The summed E-state index contributed by atoms with van der Waals surface area (Å²) >= 11 is 0. The molecule has 2 fully saturated rings. The molecule has 0 unspecified atom stereocenters. The van der Waals surface area contributed by atoms with Gasteiger partial charge in [-0.1, -0.05) is 0 Å². The molecule has 17 heavy (non-hydrogen) atoms. The third-order valence-electron chi connectivity index (χ3n) is 3.64. The molecule has 5 nitrogen and oxygen atoms in total. The van der Waals surface area contributed by atoms with Gasteiger partial charge in [-0.2, -0.15) is 0 Å². The Bertz CT molecular complexity index is 251. The predicted octanol–water partition coefficient (Wildman–Crippen LogP) is 0.0392. The summed E-state index contributed by atoms with van der Waals surface area (Å²) < 4.78 is 0. The SMILES string of the molecule is CN1CCN(CCN2CCCNCCC2)C1=O. The van der Waals surface area contributed by atoms with Gasteiger partial charge in [-0.3, -0.25) is 0 Å². The fourth-order valence-electron chi connectivity index (χ4n) is 2.49. The minimum Gasteiger partial charge on any atom is -0.326 e. The molecule has 0 saturated carbocycles. The first-order chi connectivity index (χ1) is 8.27. The first-order valence-corrected chi connectivity index (χ1v) is 6.70. The summed E-state index contributed by atoms with van der Waals surface area (Å²) in [6, 6.07) is 0.193. The average molecular weight is 240 g/mol. The van der Waals surface area contributed by atoms with Gasteiger partial charge in [0.1, 0.15) is 0 Å². The van der Waals surface area contributed by atoms with E-state index in [9.17, 15) is 4.79 Å². The maximum absolute atomic E-state index is 11.7. The second-order valence-corrected chi connectivity index (χ2v) is 4.99. The highest BCUT2D eigenvalue weighted by atomic mass is 16.2. The molecular weight excluding hydrogens is 216 g/mol. The van der Waals surface area contributed by atoms with Crippen LogP contribution in [0.5, 0.6) is 0 Å². The van der Waals surface area contributed by atoms with Gasteiger partial charge < -0.3 is 20.0 Å². The number of likely N-dealkylation sites (N-methyl/N-ethyl adjacent to an activating group) is 1. The lowest BCUT2D eigenvalue weighted by Gasteiger charge is -2.27. The molecule has 2 amide bonds. The maximum Gasteiger partial charge on any atom is 0.319 e. The van der Waals surface area contributed by atoms with Crippen LogP contribution < -0.4 is 5.32 Å². The molecule has 2 rings (SSSR count). The minimum absolute atomic E-state index is 0.193. The first-order valence-electron chi connectivity index (χ1n) is 6.70. The lowest BCUT2D eigenvalue weighted by Crippen LogP contribution is -2.40. The zero-order chi connectivity index (χ0) is 12.1. The van der Waals surface area contributed by atoms with E-state index in [0.717, 1.165) is 52.4 Å². The van der Waals surface area contributed by atoms with Crippen LogP contribution >= 0.6 is 0 Å². The topological polar surface area (TPSA) is 38.8 Å². The smallest absolute Gasteiger partial charge is 0.319 e. The minimum atomic E-state index is 0.193. The molecule has 0 aromatic carbocycles. The molecule has 2 saturated heterocycles. The molecule has 0 spiro atoms. The van der Waals surface area contributed by atoms with Crippen molar-refractivity contribution in [2.75, 3.05) is 59.4 Å². The van der Waals surface area contributed by atoms with Crippen molar-refractivity contribution in [2.24, 2.45) is 0 Å². The van der Waals surface area contributed by atoms with Crippen molar-refractivity contribution in [3.05, 3.63) is 0 Å². The Morgan fingerprint density at radius 1 is 1.06 bits per heavy atom. The van der Waals surface area contributed by atoms with E-state index in [1.807, 2.05) is 11.9 Å². The molecule has 0 aliphatic carbocycles. The van der Waals surface area contributed by atoms with Crippen LogP contribution in [0.1, 0.15) is 12.8 Å². The fourth-order valence-corrected chi connectivity index (χ4v) is 2.49. The van der Waals surface area contributed by atoms with Gasteiger partial charge in [0.05, 0.1) is 0 Å². The standard InChI is InChI=1S/C12H24N4O/c1-14-8-10-16(12(14)17)11-9-15-6-2-4-13-5-3-7-15/h13H,2-11H2,1H3. The zero-order valence-electron chi connectivity index (χ0n) is 10.8. The van der Waals surface area contributed by atoms with E-state index in [4.69, 9.17) is 0 Å². The molecule has 0 atom stereocenters. The number of hydrogen-bond acceptors (Lipinski definition) is 3. The number of rotatable bonds is 3. The second-order valence-electron chi connectivity index (χ2n) is 4.99. The van der Waals surface area contributed by atoms with Crippen LogP contribution in [0.25, 0.3) is 0 Å². The summed E-state index contributed by atoms with van der Waals surface area (Å²) in [4.78, 5) is 18.0. The number of hydrogen-bond donors (Lipinski definition) is 1. The van der Waals surface area contributed by atoms with Crippen LogP contribution in [0, 0.1) is 0 Å². The van der Waals surface area contributed by atoms with Crippen LogP contribution in [-0.4, -0.2) is 80.1 Å². The predicted molar refractivity (Wildman–Crippen MR) is 68.1 cm³/mol. The van der Waals surface area contributed by atoms with Crippen molar-refractivity contribution in [1.82, 2.24) is 20.0 Å². The molecule has 1 N–H and O–H groups in total. The summed E-state index contributed by atoms with van der Waals surface area (Å²) in [6.07, 6.45) is 2.43. The fraction of sp³-hybridized carbons (Fsp3) is 0.917. The Morgan fingerprint density at radius 2 is 1.76 bits per heavy atom. The molecule has 0 radical (unpaired) electrons. The third-order valence-corrected chi connectivity index (χ3v) is 3.64. The molecule has 2 aliphatic heterocycles. The number of carbonyl (C=O) groups excluding carboxylic acids is 1. The Labute approximate surface area is 104 Å². The summed E-state index contributed by atoms with van der Waals surface area (Å²) in [5.74, 6) is 0. The Hall–Kier alpha value is -0.810. The summed E-state index contributed by atoms with van der Waals surface area (Å²) in [5.41, 5.74) is 0. The largest absolute Gasteiger partial charge is 0.326 e. The van der Waals surface area contributed by atoms with Gasteiger partial charge in [-0.25, -0.2) is 4.79 Å². The number of nitrogens with one attached hydrogen (secondary N) is 1. The highest BCUT2D eigenvalue weighted by molar-refractivity contribution is 5.76. The van der Waals surface area contributed by atoms with Gasteiger partial charge in [0, 0.05) is 33.2 Å². The Balaban J connectivity index is 1.71. The molecule has 2 heterocycles. The summed E-state index contributed by atoms with van der Waals surface area (Å²) in [7, 11) is 1.88. The number of carbonyl (C=O) groups is 1. The lowest BCUT2D eigenvalue weighted by atomic mass is 10.2. The lowest BCUT2D eigenvalue weighted by molar-refractivity contribution is 0.184. The van der Waals surface area contributed by atoms with E-state index in [1.165, 1.54) is 12.8 Å². The van der Waals surface area contributed by atoms with Gasteiger partial charge >= 0.3 is 6.03 Å². The van der Waals surface area contributed by atoms with Crippen molar-refractivity contribution in [3.63, 3.8) is 0 Å². The monoisotopic (exact) mass is 240 g/mol. The normalized spacial score (nSPS) is 23.9. The molecule has 0 bridgehead atoms. The number of amides is 2. The van der Waals surface area contributed by atoms with Gasteiger partial charge in [-0.05, 0) is 39.0 Å². The van der Waals surface area contributed by atoms with Crippen LogP contribution in [-0.2, 0) is 0 Å². The number of nitrogens with zero attached hydrogens (tertiary/aromatic N) is 3. The van der Waals surface area contributed by atoms with Gasteiger partial charge in [0.25, 0.3) is 0 Å². The van der Waals surface area contributed by atoms with Crippen LogP contribution in [0.2, 0.25) is 0 Å². The van der Waals surface area contributed by atoms with Crippen LogP contribution in [0.15, 0.2) is 0 Å². The summed E-state index contributed by atoms with van der Waals surface area (Å²) in [6.45, 7) is 8.25. The highest BCUT2D eigenvalue weighted by Gasteiger charge is 2.25. The van der Waals surface area contributed by atoms with E-state index >= 15 is 0 Å². The van der Waals surface area contributed by atoms with E-state index < -0.39 is 0 Å². The first kappa shape index (κ1) is 12.6. The molecule has 0 aromatic heterocycles. The average Bonchev–Trinajstić information content (AvgIpc) is 2.59.